The van der Waals surface area contributed by atoms with Gasteiger partial charge in [0.05, 0.1) is 12.8 Å². The van der Waals surface area contributed by atoms with Crippen molar-refractivity contribution in [1.82, 2.24) is 0 Å². The van der Waals surface area contributed by atoms with Crippen molar-refractivity contribution in [3.63, 3.8) is 0 Å². The molecular formula is C7H11ClN2O5S. The van der Waals surface area contributed by atoms with E-state index in [2.05, 4.69) is 5.43 Å². The summed E-state index contributed by atoms with van der Waals surface area (Å²) in [7, 11) is -3.09. The number of benzene rings is 1. The number of hydrogen-bond donors (Lipinski definition) is 4. The predicted octanol–water partition coefficient (Wildman–Crippen LogP) is 0.981. The summed E-state index contributed by atoms with van der Waals surface area (Å²) >= 11 is 5.70. The molecule has 5 N–H and O–H groups in total. The van der Waals surface area contributed by atoms with Gasteiger partial charge >= 0.3 is 10.4 Å². The zero-order valence-corrected chi connectivity index (χ0v) is 9.79. The number of rotatable bonds is 2. The lowest BCUT2D eigenvalue weighted by molar-refractivity contribution is 0.381. The molecule has 16 heavy (non-hydrogen) atoms. The van der Waals surface area contributed by atoms with Crippen LogP contribution in [0, 0.1) is 0 Å². The summed E-state index contributed by atoms with van der Waals surface area (Å²) in [6.45, 7) is 0. The van der Waals surface area contributed by atoms with E-state index in [1.165, 1.54) is 0 Å². The van der Waals surface area contributed by atoms with Crippen LogP contribution in [0.25, 0.3) is 0 Å². The van der Waals surface area contributed by atoms with Crippen LogP contribution < -0.4 is 16.0 Å². The first-order chi connectivity index (χ1) is 7.27. The molecule has 0 aliphatic rings. The van der Waals surface area contributed by atoms with E-state index in [0.717, 1.165) is 0 Å². The lowest BCUT2D eigenvalue weighted by Gasteiger charge is -2.06. The van der Waals surface area contributed by atoms with Crippen LogP contribution in [-0.2, 0) is 10.4 Å². The quantitative estimate of drug-likeness (QED) is 0.359. The fourth-order valence-electron chi connectivity index (χ4n) is 0.793. The highest BCUT2D eigenvalue weighted by molar-refractivity contribution is 7.79. The minimum absolute atomic E-state index is 0.624. The third-order valence-corrected chi connectivity index (χ3v) is 1.55. The average Bonchev–Trinajstić information content (AvgIpc) is 2.15. The molecule has 0 aliphatic carbocycles. The maximum absolute atomic E-state index is 8.74. The molecule has 0 amide bonds. The summed E-state index contributed by atoms with van der Waals surface area (Å²) in [6.07, 6.45) is 0. The number of hydrazine groups is 1. The fraction of sp³-hybridized carbons (Fsp3) is 0.143. The van der Waals surface area contributed by atoms with Crippen molar-refractivity contribution in [2.75, 3.05) is 12.5 Å². The number of methoxy groups -OCH3 is 1. The van der Waals surface area contributed by atoms with Crippen LogP contribution in [0.3, 0.4) is 0 Å². The van der Waals surface area contributed by atoms with Gasteiger partial charge in [-0.2, -0.15) is 8.42 Å². The molecule has 0 saturated heterocycles. The number of halogens is 1. The summed E-state index contributed by atoms with van der Waals surface area (Å²) < 4.78 is 36.6. The molecule has 0 atom stereocenters. The number of nitrogen functional groups attached to an aromatic ring is 1. The van der Waals surface area contributed by atoms with Gasteiger partial charge < -0.3 is 10.2 Å². The predicted molar refractivity (Wildman–Crippen MR) is 60.0 cm³/mol. The van der Waals surface area contributed by atoms with Crippen LogP contribution in [0.2, 0.25) is 5.02 Å². The van der Waals surface area contributed by atoms with Gasteiger partial charge in [-0.05, 0) is 18.2 Å². The van der Waals surface area contributed by atoms with E-state index >= 15 is 0 Å². The molecule has 0 fully saturated rings. The van der Waals surface area contributed by atoms with E-state index in [1.54, 1.807) is 25.3 Å². The van der Waals surface area contributed by atoms with Crippen molar-refractivity contribution in [3.8, 4) is 5.75 Å². The Morgan fingerprint density at radius 2 is 1.94 bits per heavy atom. The number of anilines is 1. The van der Waals surface area contributed by atoms with Crippen molar-refractivity contribution < 1.29 is 22.3 Å². The van der Waals surface area contributed by atoms with Crippen LogP contribution in [-0.4, -0.2) is 24.6 Å². The molecular weight excluding hydrogens is 260 g/mol. The zero-order valence-electron chi connectivity index (χ0n) is 8.21. The maximum Gasteiger partial charge on any atom is 0.394 e. The molecule has 0 radical (unpaired) electrons. The summed E-state index contributed by atoms with van der Waals surface area (Å²) in [5, 5.41) is 0.624. The molecule has 0 spiro atoms. The van der Waals surface area contributed by atoms with Crippen molar-refractivity contribution in [2.24, 2.45) is 5.84 Å². The Hall–Kier alpha value is -1.06. The highest BCUT2D eigenvalue weighted by Gasteiger charge is 1.99. The Labute approximate surface area is 97.7 Å². The molecule has 0 heterocycles. The van der Waals surface area contributed by atoms with Crippen LogP contribution in [0.5, 0.6) is 5.75 Å². The van der Waals surface area contributed by atoms with Gasteiger partial charge in [0, 0.05) is 5.02 Å². The second-order valence-electron chi connectivity index (χ2n) is 2.44. The molecule has 1 aromatic rings. The molecule has 1 aromatic carbocycles. The maximum atomic E-state index is 8.74. The minimum atomic E-state index is -4.67. The molecule has 0 saturated carbocycles. The van der Waals surface area contributed by atoms with E-state index in [9.17, 15) is 0 Å². The molecule has 0 aromatic heterocycles. The number of nitrogens with one attached hydrogen (secondary N) is 1. The monoisotopic (exact) mass is 270 g/mol. The van der Waals surface area contributed by atoms with Crippen molar-refractivity contribution in [1.29, 1.82) is 0 Å². The van der Waals surface area contributed by atoms with E-state index < -0.39 is 10.4 Å². The number of nitrogens with two attached hydrogens (primary N) is 1. The zero-order chi connectivity index (χ0) is 12.8. The third-order valence-electron chi connectivity index (χ3n) is 1.32. The van der Waals surface area contributed by atoms with Gasteiger partial charge in [-0.3, -0.25) is 14.9 Å². The Bertz CT molecular complexity index is 428. The second-order valence-corrected chi connectivity index (χ2v) is 3.77. The first-order valence-corrected chi connectivity index (χ1v) is 5.55. The second kappa shape index (κ2) is 6.51. The Morgan fingerprint density at radius 1 is 1.44 bits per heavy atom. The molecule has 92 valence electrons. The van der Waals surface area contributed by atoms with Crippen LogP contribution in [0.15, 0.2) is 18.2 Å². The van der Waals surface area contributed by atoms with Gasteiger partial charge in [-0.15, -0.1) is 0 Å². The van der Waals surface area contributed by atoms with Crippen LogP contribution in [0.4, 0.5) is 5.69 Å². The highest BCUT2D eigenvalue weighted by Crippen LogP contribution is 2.26. The standard InChI is InChI=1S/C7H9ClN2O.H2O4S/c1-11-7-3-2-5(8)4-6(7)10-9;1-5(2,3)4/h2-4,10H,9H2,1H3;(H2,1,2,3,4). The summed E-state index contributed by atoms with van der Waals surface area (Å²) in [4.78, 5) is 0. The summed E-state index contributed by atoms with van der Waals surface area (Å²) in [5.74, 6) is 5.88. The van der Waals surface area contributed by atoms with Crippen LogP contribution >= 0.6 is 11.6 Å². The topological polar surface area (TPSA) is 122 Å². The Morgan fingerprint density at radius 3 is 2.31 bits per heavy atom. The van der Waals surface area contributed by atoms with Gasteiger partial charge in [0.25, 0.3) is 0 Å². The van der Waals surface area contributed by atoms with Crippen molar-refractivity contribution >= 4 is 27.7 Å². The first kappa shape index (κ1) is 14.9. The molecule has 9 heteroatoms. The van der Waals surface area contributed by atoms with Crippen molar-refractivity contribution in [2.45, 2.75) is 0 Å². The summed E-state index contributed by atoms with van der Waals surface area (Å²) in [5.41, 5.74) is 3.16. The normalized spacial score (nSPS) is 10.1. The van der Waals surface area contributed by atoms with E-state index in [4.69, 9.17) is 39.7 Å². The Kier molecular flexibility index (Phi) is 6.08. The summed E-state index contributed by atoms with van der Waals surface area (Å²) in [6, 6.07) is 5.18. The molecule has 7 nitrogen and oxygen atoms in total. The fourth-order valence-corrected chi connectivity index (χ4v) is 0.965. The van der Waals surface area contributed by atoms with Crippen molar-refractivity contribution in [3.05, 3.63) is 23.2 Å². The number of ether oxygens (including phenoxy) is 1. The SMILES string of the molecule is COc1ccc(Cl)cc1NN.O=S(=O)(O)O. The Balaban J connectivity index is 0.000000385. The number of hydrogen-bond acceptors (Lipinski definition) is 5. The first-order valence-electron chi connectivity index (χ1n) is 3.78. The van der Waals surface area contributed by atoms with Gasteiger partial charge in [0.15, 0.2) is 0 Å². The molecule has 0 unspecified atom stereocenters. The van der Waals surface area contributed by atoms with Crippen LogP contribution in [0.1, 0.15) is 0 Å². The van der Waals surface area contributed by atoms with E-state index in [1.807, 2.05) is 0 Å². The smallest absolute Gasteiger partial charge is 0.394 e. The van der Waals surface area contributed by atoms with Gasteiger partial charge in [0.1, 0.15) is 5.75 Å². The minimum Gasteiger partial charge on any atom is -0.495 e. The third kappa shape index (κ3) is 7.26. The van der Waals surface area contributed by atoms with Gasteiger partial charge in [-0.25, -0.2) is 0 Å². The average molecular weight is 271 g/mol. The molecule has 0 bridgehead atoms. The van der Waals surface area contributed by atoms with E-state index in [-0.39, 0.29) is 0 Å². The van der Waals surface area contributed by atoms with E-state index in [0.29, 0.717) is 16.5 Å². The lowest BCUT2D eigenvalue weighted by Crippen LogP contribution is -2.07. The molecule has 0 aliphatic heterocycles. The molecule has 1 rings (SSSR count). The highest BCUT2D eigenvalue weighted by atomic mass is 35.5. The largest absolute Gasteiger partial charge is 0.495 e. The van der Waals surface area contributed by atoms with Gasteiger partial charge in [0.2, 0.25) is 0 Å². The lowest BCUT2D eigenvalue weighted by atomic mass is 10.3. The van der Waals surface area contributed by atoms with Gasteiger partial charge in [-0.1, -0.05) is 11.6 Å².